The molecule has 5 heteroatoms. The highest BCUT2D eigenvalue weighted by atomic mass is 16.6. The molecule has 0 amide bonds. The molecule has 1 N–H and O–H groups in total. The zero-order chi connectivity index (χ0) is 16.8. The lowest BCUT2D eigenvalue weighted by Crippen LogP contribution is -2.19. The maximum absolute atomic E-state index is 11.9. The number of hydrogen-bond acceptors (Lipinski definition) is 5. The van der Waals surface area contributed by atoms with Crippen molar-refractivity contribution in [2.45, 2.75) is 20.0 Å². The van der Waals surface area contributed by atoms with Crippen molar-refractivity contribution >= 4 is 11.9 Å². The summed E-state index contributed by atoms with van der Waals surface area (Å²) in [6, 6.07) is 13.5. The molecule has 0 aliphatic carbocycles. The average Bonchev–Trinajstić information content (AvgIpc) is 2.53. The van der Waals surface area contributed by atoms with Gasteiger partial charge in [-0.1, -0.05) is 24.3 Å². The van der Waals surface area contributed by atoms with Gasteiger partial charge in [0.2, 0.25) is 0 Å². The molecule has 0 fully saturated rings. The average molecular weight is 314 g/mol. The molecular formula is C18H18O5. The Morgan fingerprint density at radius 1 is 0.957 bits per heavy atom. The summed E-state index contributed by atoms with van der Waals surface area (Å²) in [4.78, 5) is 23.2. The molecule has 2 aromatic carbocycles. The van der Waals surface area contributed by atoms with E-state index in [9.17, 15) is 14.7 Å². The first kappa shape index (κ1) is 16.5. The van der Waals surface area contributed by atoms with Crippen LogP contribution in [0.3, 0.4) is 0 Å². The maximum Gasteiger partial charge on any atom is 0.344 e. The fourth-order valence-corrected chi connectivity index (χ4v) is 1.96. The fraction of sp³-hybridized carbons (Fsp3) is 0.222. The van der Waals surface area contributed by atoms with Gasteiger partial charge in [-0.25, -0.2) is 9.59 Å². The first-order valence-corrected chi connectivity index (χ1v) is 7.22. The molecule has 0 bridgehead atoms. The number of carbonyl (C=O) groups is 2. The van der Waals surface area contributed by atoms with Gasteiger partial charge in [-0.2, -0.15) is 0 Å². The van der Waals surface area contributed by atoms with E-state index >= 15 is 0 Å². The van der Waals surface area contributed by atoms with E-state index in [2.05, 4.69) is 0 Å². The zero-order valence-electron chi connectivity index (χ0n) is 13.0. The third-order valence-corrected chi connectivity index (χ3v) is 3.01. The molecule has 0 spiro atoms. The predicted molar refractivity (Wildman–Crippen MR) is 85.1 cm³/mol. The van der Waals surface area contributed by atoms with Gasteiger partial charge in [0.15, 0.2) is 6.61 Å². The van der Waals surface area contributed by atoms with Gasteiger partial charge in [-0.3, -0.25) is 0 Å². The van der Waals surface area contributed by atoms with Gasteiger partial charge >= 0.3 is 11.9 Å². The molecule has 2 rings (SSSR count). The number of hydrogen-bond donors (Lipinski definition) is 1. The highest BCUT2D eigenvalue weighted by molar-refractivity contribution is 5.91. The van der Waals surface area contributed by atoms with Gasteiger partial charge in [-0.05, 0) is 49.2 Å². The molecule has 0 aromatic heterocycles. The smallest absolute Gasteiger partial charge is 0.344 e. The minimum Gasteiger partial charge on any atom is -0.508 e. The summed E-state index contributed by atoms with van der Waals surface area (Å²) >= 11 is 0. The van der Waals surface area contributed by atoms with Crippen molar-refractivity contribution in [3.8, 4) is 16.9 Å². The van der Waals surface area contributed by atoms with Gasteiger partial charge in [0.25, 0.3) is 0 Å². The molecule has 0 saturated carbocycles. The van der Waals surface area contributed by atoms with E-state index in [0.717, 1.165) is 11.1 Å². The molecular weight excluding hydrogens is 296 g/mol. The third-order valence-electron chi connectivity index (χ3n) is 3.01. The summed E-state index contributed by atoms with van der Waals surface area (Å²) in [5.41, 5.74) is 2.17. The lowest BCUT2D eigenvalue weighted by atomic mass is 10.0. The van der Waals surface area contributed by atoms with Crippen LogP contribution in [0.2, 0.25) is 0 Å². The molecule has 0 aliphatic rings. The lowest BCUT2D eigenvalue weighted by Gasteiger charge is -2.08. The second-order valence-corrected chi connectivity index (χ2v) is 5.24. The molecule has 0 saturated heterocycles. The summed E-state index contributed by atoms with van der Waals surface area (Å²) < 4.78 is 9.79. The number of phenols is 1. The van der Waals surface area contributed by atoms with Crippen molar-refractivity contribution in [1.29, 1.82) is 0 Å². The molecule has 0 atom stereocenters. The Balaban J connectivity index is 1.97. The normalized spacial score (nSPS) is 10.4. The number of ether oxygens (including phenoxy) is 2. The molecule has 0 heterocycles. The Hall–Kier alpha value is -2.82. The highest BCUT2D eigenvalue weighted by Crippen LogP contribution is 2.22. The third kappa shape index (κ3) is 4.85. The van der Waals surface area contributed by atoms with Gasteiger partial charge < -0.3 is 14.6 Å². The van der Waals surface area contributed by atoms with E-state index in [1.54, 1.807) is 62.4 Å². The van der Waals surface area contributed by atoms with Crippen LogP contribution in [-0.4, -0.2) is 29.8 Å². The SMILES string of the molecule is CC(C)OC(=O)COC(=O)c1ccc(-c2ccc(O)cc2)cc1. The largest absolute Gasteiger partial charge is 0.508 e. The summed E-state index contributed by atoms with van der Waals surface area (Å²) in [7, 11) is 0. The predicted octanol–water partition coefficient (Wildman–Crippen LogP) is 3.17. The van der Waals surface area contributed by atoms with Crippen LogP contribution in [0.25, 0.3) is 11.1 Å². The Labute approximate surface area is 134 Å². The number of phenolic OH excluding ortho intramolecular Hbond substituents is 1. The topological polar surface area (TPSA) is 72.8 Å². The Morgan fingerprint density at radius 3 is 2.00 bits per heavy atom. The minimum atomic E-state index is -0.581. The zero-order valence-corrected chi connectivity index (χ0v) is 13.0. The highest BCUT2D eigenvalue weighted by Gasteiger charge is 2.12. The van der Waals surface area contributed by atoms with Crippen LogP contribution < -0.4 is 0 Å². The summed E-state index contributed by atoms with van der Waals surface area (Å²) in [6.45, 7) is 3.04. The first-order chi connectivity index (χ1) is 11.0. The minimum absolute atomic E-state index is 0.197. The number of benzene rings is 2. The molecule has 2 aromatic rings. The van der Waals surface area contributed by atoms with E-state index < -0.39 is 18.5 Å². The van der Waals surface area contributed by atoms with Crippen LogP contribution in [-0.2, 0) is 14.3 Å². The summed E-state index contributed by atoms with van der Waals surface area (Å²) in [5.74, 6) is -0.959. The van der Waals surface area contributed by atoms with Crippen LogP contribution in [0.1, 0.15) is 24.2 Å². The fourth-order valence-electron chi connectivity index (χ4n) is 1.96. The molecule has 5 nitrogen and oxygen atoms in total. The Bertz CT molecular complexity index is 672. The van der Waals surface area contributed by atoms with Gasteiger partial charge in [0, 0.05) is 0 Å². The molecule has 23 heavy (non-hydrogen) atoms. The molecule has 0 radical (unpaired) electrons. The van der Waals surface area contributed by atoms with Crippen LogP contribution in [0, 0.1) is 0 Å². The van der Waals surface area contributed by atoms with E-state index in [0.29, 0.717) is 5.56 Å². The Morgan fingerprint density at radius 2 is 1.48 bits per heavy atom. The lowest BCUT2D eigenvalue weighted by molar-refractivity contribution is -0.150. The first-order valence-electron chi connectivity index (χ1n) is 7.22. The quantitative estimate of drug-likeness (QED) is 0.858. The van der Waals surface area contributed by atoms with E-state index in [-0.39, 0.29) is 11.9 Å². The van der Waals surface area contributed by atoms with Crippen LogP contribution in [0.4, 0.5) is 0 Å². The van der Waals surface area contributed by atoms with Gasteiger partial charge in [0.1, 0.15) is 5.75 Å². The molecule has 120 valence electrons. The van der Waals surface area contributed by atoms with E-state index in [1.807, 2.05) is 0 Å². The second-order valence-electron chi connectivity index (χ2n) is 5.24. The van der Waals surface area contributed by atoms with Crippen molar-refractivity contribution in [3.05, 3.63) is 54.1 Å². The number of carbonyl (C=O) groups excluding carboxylic acids is 2. The van der Waals surface area contributed by atoms with Crippen molar-refractivity contribution in [2.24, 2.45) is 0 Å². The standard InChI is InChI=1S/C18H18O5/c1-12(2)23-17(20)11-22-18(21)15-5-3-13(4-6-15)14-7-9-16(19)10-8-14/h3-10,12,19H,11H2,1-2H3. The van der Waals surface area contributed by atoms with Crippen LogP contribution in [0.15, 0.2) is 48.5 Å². The van der Waals surface area contributed by atoms with Gasteiger partial charge in [0.05, 0.1) is 11.7 Å². The number of aromatic hydroxyl groups is 1. The molecule has 0 unspecified atom stereocenters. The van der Waals surface area contributed by atoms with E-state index in [1.165, 1.54) is 0 Å². The summed E-state index contributed by atoms with van der Waals surface area (Å²) in [6.07, 6.45) is -0.245. The second kappa shape index (κ2) is 7.45. The number of esters is 2. The van der Waals surface area contributed by atoms with Crippen molar-refractivity contribution < 1.29 is 24.2 Å². The van der Waals surface area contributed by atoms with Crippen molar-refractivity contribution in [1.82, 2.24) is 0 Å². The maximum atomic E-state index is 11.9. The monoisotopic (exact) mass is 314 g/mol. The van der Waals surface area contributed by atoms with Crippen LogP contribution in [0.5, 0.6) is 5.75 Å². The van der Waals surface area contributed by atoms with Crippen molar-refractivity contribution in [3.63, 3.8) is 0 Å². The van der Waals surface area contributed by atoms with E-state index in [4.69, 9.17) is 9.47 Å². The number of rotatable bonds is 5. The van der Waals surface area contributed by atoms with Crippen molar-refractivity contribution in [2.75, 3.05) is 6.61 Å². The van der Waals surface area contributed by atoms with Crippen LogP contribution >= 0.6 is 0 Å². The summed E-state index contributed by atoms with van der Waals surface area (Å²) in [5, 5.41) is 9.28. The molecule has 0 aliphatic heterocycles. The Kier molecular flexibility index (Phi) is 5.36. The van der Waals surface area contributed by atoms with Gasteiger partial charge in [-0.15, -0.1) is 0 Å².